The summed E-state index contributed by atoms with van der Waals surface area (Å²) in [5.41, 5.74) is 8.21. The number of hydrogen-bond donors (Lipinski definition) is 3. The van der Waals surface area contributed by atoms with Crippen molar-refractivity contribution in [2.24, 2.45) is 0 Å². The lowest BCUT2D eigenvalue weighted by Gasteiger charge is -1.96. The van der Waals surface area contributed by atoms with Crippen LogP contribution in [0.3, 0.4) is 0 Å². The zero-order valence-corrected chi connectivity index (χ0v) is 10.0. The molecule has 0 saturated carbocycles. The molecule has 0 radical (unpaired) electrons. The summed E-state index contributed by atoms with van der Waals surface area (Å²) >= 11 is 3.33. The average Bonchev–Trinajstić information content (AvgIpc) is 2.78. The highest BCUT2D eigenvalue weighted by Gasteiger charge is 2.10. The van der Waals surface area contributed by atoms with Crippen LogP contribution in [0.1, 0.15) is 0 Å². The Kier molecular flexibility index (Phi) is 2.08. The molecule has 0 fully saturated rings. The molecule has 0 atom stereocenters. The van der Waals surface area contributed by atoms with Crippen molar-refractivity contribution in [2.75, 3.05) is 5.73 Å². The van der Waals surface area contributed by atoms with E-state index in [0.717, 1.165) is 5.56 Å². The highest BCUT2D eigenvalue weighted by atomic mass is 79.9. The van der Waals surface area contributed by atoms with Gasteiger partial charge in [0.15, 0.2) is 11.5 Å². The van der Waals surface area contributed by atoms with Crippen molar-refractivity contribution in [1.82, 2.24) is 15.0 Å². The third-order valence-corrected chi connectivity index (χ3v) is 2.94. The van der Waals surface area contributed by atoms with Crippen molar-refractivity contribution < 1.29 is 4.42 Å². The molecule has 3 rings (SSSR count). The number of nitrogen functional groups attached to an aromatic ring is 1. The molecule has 0 bridgehead atoms. The molecule has 1 aromatic carbocycles. The molecule has 0 aliphatic heterocycles. The topological polar surface area (TPSA) is 101 Å². The van der Waals surface area contributed by atoms with Gasteiger partial charge in [0.05, 0.1) is 5.52 Å². The van der Waals surface area contributed by atoms with Gasteiger partial charge in [0, 0.05) is 5.56 Å². The molecule has 4 N–H and O–H groups in total. The summed E-state index contributed by atoms with van der Waals surface area (Å²) in [5, 5.41) is 0. The van der Waals surface area contributed by atoms with E-state index in [1.54, 1.807) is 18.2 Å². The van der Waals surface area contributed by atoms with Gasteiger partial charge in [-0.3, -0.25) is 4.98 Å². The summed E-state index contributed by atoms with van der Waals surface area (Å²) in [6, 6.07) is 5.29. The zero-order chi connectivity index (χ0) is 12.0. The molecule has 0 spiro atoms. The predicted octanol–water partition coefficient (Wildman–Crippen LogP) is 1.86. The number of nitrogens with one attached hydrogen (secondary N) is 2. The lowest BCUT2D eigenvalue weighted by Crippen LogP contribution is -1.92. The molecular formula is C10H7BrN4O2. The Morgan fingerprint density at radius 1 is 1.35 bits per heavy atom. The summed E-state index contributed by atoms with van der Waals surface area (Å²) in [7, 11) is 0. The van der Waals surface area contributed by atoms with Crippen LogP contribution in [0, 0.1) is 0 Å². The standard InChI is InChI=1S/C10H7BrN4O2/c11-8-7(14-9(12)15-8)4-1-2-6-5(3-4)13-10(16)17-6/h1-3H,(H,13,16)(H3,12,14,15). The van der Waals surface area contributed by atoms with E-state index in [0.29, 0.717) is 27.3 Å². The molecule has 0 amide bonds. The minimum Gasteiger partial charge on any atom is -0.408 e. The lowest BCUT2D eigenvalue weighted by atomic mass is 10.1. The van der Waals surface area contributed by atoms with E-state index in [2.05, 4.69) is 30.9 Å². The van der Waals surface area contributed by atoms with Gasteiger partial charge in [-0.15, -0.1) is 0 Å². The Balaban J connectivity index is 2.23. The van der Waals surface area contributed by atoms with Gasteiger partial charge in [-0.05, 0) is 34.1 Å². The van der Waals surface area contributed by atoms with E-state index < -0.39 is 5.76 Å². The summed E-state index contributed by atoms with van der Waals surface area (Å²) in [6.45, 7) is 0. The minimum absolute atomic E-state index is 0.327. The van der Waals surface area contributed by atoms with Gasteiger partial charge >= 0.3 is 5.76 Å². The number of benzene rings is 1. The fourth-order valence-corrected chi connectivity index (χ4v) is 2.18. The lowest BCUT2D eigenvalue weighted by molar-refractivity contribution is 0.555. The molecule has 6 nitrogen and oxygen atoms in total. The van der Waals surface area contributed by atoms with Crippen molar-refractivity contribution in [3.05, 3.63) is 33.4 Å². The second kappa shape index (κ2) is 3.49. The first-order valence-corrected chi connectivity index (χ1v) is 5.57. The number of nitrogens with two attached hydrogens (primary N) is 1. The van der Waals surface area contributed by atoms with Crippen molar-refractivity contribution in [1.29, 1.82) is 0 Å². The smallest absolute Gasteiger partial charge is 0.408 e. The molecule has 0 aliphatic rings. The highest BCUT2D eigenvalue weighted by molar-refractivity contribution is 9.10. The molecule has 7 heteroatoms. The first-order chi connectivity index (χ1) is 8.13. The number of fused-ring (bicyclic) bond motifs is 1. The average molecular weight is 295 g/mol. The number of imidazole rings is 1. The van der Waals surface area contributed by atoms with Crippen LogP contribution in [-0.4, -0.2) is 15.0 Å². The largest absolute Gasteiger partial charge is 0.417 e. The van der Waals surface area contributed by atoms with Crippen LogP contribution >= 0.6 is 15.9 Å². The maximum absolute atomic E-state index is 11.0. The summed E-state index contributed by atoms with van der Waals surface area (Å²) < 4.78 is 5.61. The zero-order valence-electron chi connectivity index (χ0n) is 8.45. The Hall–Kier alpha value is -2.02. The van der Waals surface area contributed by atoms with Crippen LogP contribution in [0.2, 0.25) is 0 Å². The quantitative estimate of drug-likeness (QED) is 0.637. The number of anilines is 1. The maximum Gasteiger partial charge on any atom is 0.417 e. The second-order valence-corrected chi connectivity index (χ2v) is 4.30. The first kappa shape index (κ1) is 10.2. The van der Waals surface area contributed by atoms with Gasteiger partial charge in [-0.2, -0.15) is 0 Å². The number of aromatic amines is 2. The van der Waals surface area contributed by atoms with E-state index in [9.17, 15) is 4.79 Å². The summed E-state index contributed by atoms with van der Waals surface area (Å²) in [4.78, 5) is 20.6. The van der Waals surface area contributed by atoms with Gasteiger partial charge in [-0.25, -0.2) is 9.78 Å². The highest BCUT2D eigenvalue weighted by Crippen LogP contribution is 2.28. The molecular weight excluding hydrogens is 288 g/mol. The number of aromatic nitrogens is 3. The fourth-order valence-electron chi connectivity index (χ4n) is 1.66. The molecule has 0 saturated heterocycles. The van der Waals surface area contributed by atoms with E-state index in [1.807, 2.05) is 0 Å². The van der Waals surface area contributed by atoms with Gasteiger partial charge in [0.1, 0.15) is 10.3 Å². The Morgan fingerprint density at radius 2 is 2.18 bits per heavy atom. The number of rotatable bonds is 1. The number of halogens is 1. The van der Waals surface area contributed by atoms with E-state index in [-0.39, 0.29) is 0 Å². The van der Waals surface area contributed by atoms with Crippen LogP contribution in [0.25, 0.3) is 22.4 Å². The molecule has 17 heavy (non-hydrogen) atoms. The Morgan fingerprint density at radius 3 is 2.88 bits per heavy atom. The number of H-pyrrole nitrogens is 2. The molecule has 2 aromatic heterocycles. The molecule has 2 heterocycles. The normalized spacial score (nSPS) is 11.1. The van der Waals surface area contributed by atoms with E-state index >= 15 is 0 Å². The van der Waals surface area contributed by atoms with E-state index in [1.165, 1.54) is 0 Å². The van der Waals surface area contributed by atoms with E-state index in [4.69, 9.17) is 10.2 Å². The van der Waals surface area contributed by atoms with Crippen molar-refractivity contribution in [3.63, 3.8) is 0 Å². The monoisotopic (exact) mass is 294 g/mol. The van der Waals surface area contributed by atoms with Crippen LogP contribution in [-0.2, 0) is 0 Å². The van der Waals surface area contributed by atoms with Gasteiger partial charge in [0.2, 0.25) is 0 Å². The number of hydrogen-bond acceptors (Lipinski definition) is 4. The fraction of sp³-hybridized carbons (Fsp3) is 0. The van der Waals surface area contributed by atoms with Gasteiger partial charge in [-0.1, -0.05) is 0 Å². The minimum atomic E-state index is -0.474. The third kappa shape index (κ3) is 1.64. The van der Waals surface area contributed by atoms with Gasteiger partial charge < -0.3 is 15.1 Å². The molecule has 0 unspecified atom stereocenters. The van der Waals surface area contributed by atoms with Crippen LogP contribution in [0.5, 0.6) is 0 Å². The van der Waals surface area contributed by atoms with Gasteiger partial charge in [0.25, 0.3) is 0 Å². The second-order valence-electron chi connectivity index (χ2n) is 3.51. The van der Waals surface area contributed by atoms with Crippen molar-refractivity contribution in [3.8, 4) is 11.3 Å². The first-order valence-electron chi connectivity index (χ1n) is 4.78. The maximum atomic E-state index is 11.0. The molecule has 86 valence electrons. The van der Waals surface area contributed by atoms with Crippen molar-refractivity contribution >= 4 is 33.0 Å². The predicted molar refractivity (Wildman–Crippen MR) is 66.5 cm³/mol. The third-order valence-electron chi connectivity index (χ3n) is 2.37. The Labute approximate surface area is 103 Å². The summed E-state index contributed by atoms with van der Waals surface area (Å²) in [6.07, 6.45) is 0. The Bertz CT molecular complexity index is 755. The van der Waals surface area contributed by atoms with Crippen LogP contribution in [0.4, 0.5) is 5.95 Å². The molecule has 3 aromatic rings. The SMILES string of the molecule is Nc1nc(-c2ccc3oc(=O)[nH]c3c2)c(Br)[nH]1. The number of oxazole rings is 1. The van der Waals surface area contributed by atoms with Crippen molar-refractivity contribution in [2.45, 2.75) is 0 Å². The molecule has 0 aliphatic carbocycles. The van der Waals surface area contributed by atoms with Crippen LogP contribution < -0.4 is 11.5 Å². The van der Waals surface area contributed by atoms with Crippen LogP contribution in [0.15, 0.2) is 32.0 Å². The number of nitrogens with zero attached hydrogens (tertiary/aromatic N) is 1. The summed E-state index contributed by atoms with van der Waals surface area (Å²) in [5.74, 6) is -0.148.